The van der Waals surface area contributed by atoms with Gasteiger partial charge in [0.2, 0.25) is 0 Å². The molecule has 0 rings (SSSR count). The fourth-order valence-electron chi connectivity index (χ4n) is 1.40. The van der Waals surface area contributed by atoms with Crippen LogP contribution in [0, 0.1) is 0 Å². The van der Waals surface area contributed by atoms with Crippen molar-refractivity contribution in [3.63, 3.8) is 0 Å². The van der Waals surface area contributed by atoms with Crippen LogP contribution in [0.4, 0.5) is 0 Å². The molecule has 0 aromatic rings. The Kier molecular flexibility index (Phi) is 17.6. The zero-order valence-electron chi connectivity index (χ0n) is 12.5. The van der Waals surface area contributed by atoms with Crippen molar-refractivity contribution in [2.45, 2.75) is 26.2 Å². The van der Waals surface area contributed by atoms with E-state index in [1.807, 2.05) is 6.92 Å². The van der Waals surface area contributed by atoms with Gasteiger partial charge >= 0.3 is 0 Å². The summed E-state index contributed by atoms with van der Waals surface area (Å²) < 4.78 is 26.4. The first-order chi connectivity index (χ1) is 9.41. The van der Waals surface area contributed by atoms with Crippen LogP contribution in [0.2, 0.25) is 0 Å². The van der Waals surface area contributed by atoms with Crippen molar-refractivity contribution in [1.29, 1.82) is 0 Å². The Hall–Kier alpha value is -0.200. The van der Waals surface area contributed by atoms with E-state index < -0.39 is 0 Å². The van der Waals surface area contributed by atoms with Crippen LogP contribution in [0.1, 0.15) is 26.2 Å². The van der Waals surface area contributed by atoms with Crippen LogP contribution >= 0.6 is 0 Å². The van der Waals surface area contributed by atoms with E-state index in [4.69, 9.17) is 23.7 Å². The van der Waals surface area contributed by atoms with Gasteiger partial charge in [0, 0.05) is 53.4 Å². The maximum absolute atomic E-state index is 5.47. The molecule has 0 bridgehead atoms. The van der Waals surface area contributed by atoms with Gasteiger partial charge in [0.05, 0.1) is 13.2 Å². The molecule has 19 heavy (non-hydrogen) atoms. The predicted molar refractivity (Wildman–Crippen MR) is 74.7 cm³/mol. The summed E-state index contributed by atoms with van der Waals surface area (Å²) >= 11 is 0. The molecule has 0 aliphatic rings. The van der Waals surface area contributed by atoms with E-state index in [-0.39, 0.29) is 0 Å². The van der Waals surface area contributed by atoms with Gasteiger partial charge in [-0.2, -0.15) is 0 Å². The first-order valence-electron chi connectivity index (χ1n) is 7.21. The summed E-state index contributed by atoms with van der Waals surface area (Å²) in [5, 5.41) is 0. The van der Waals surface area contributed by atoms with Crippen LogP contribution in [0.5, 0.6) is 0 Å². The summed E-state index contributed by atoms with van der Waals surface area (Å²) in [5.41, 5.74) is 0. The molecular formula is C14H30O5. The minimum atomic E-state index is 0.670. The van der Waals surface area contributed by atoms with E-state index >= 15 is 0 Å². The average Bonchev–Trinajstić information content (AvgIpc) is 2.43. The van der Waals surface area contributed by atoms with Crippen molar-refractivity contribution in [2.75, 3.05) is 66.6 Å². The average molecular weight is 278 g/mol. The predicted octanol–water partition coefficient (Wildman–Crippen LogP) is 1.89. The van der Waals surface area contributed by atoms with Crippen LogP contribution in [0.15, 0.2) is 0 Å². The van der Waals surface area contributed by atoms with Crippen molar-refractivity contribution < 1.29 is 23.7 Å². The molecule has 0 atom stereocenters. The molecule has 116 valence electrons. The number of rotatable bonds is 16. The fraction of sp³-hybridized carbons (Fsp3) is 1.00. The fourth-order valence-corrected chi connectivity index (χ4v) is 1.40. The largest absolute Gasteiger partial charge is 0.385 e. The van der Waals surface area contributed by atoms with Gasteiger partial charge in [-0.3, -0.25) is 0 Å². The second-order valence-corrected chi connectivity index (χ2v) is 4.09. The Bertz CT molecular complexity index is 139. The minimum Gasteiger partial charge on any atom is -0.385 e. The second-order valence-electron chi connectivity index (χ2n) is 4.09. The Balaban J connectivity index is 2.88. The minimum absolute atomic E-state index is 0.670. The van der Waals surface area contributed by atoms with Crippen LogP contribution in [-0.4, -0.2) is 66.6 Å². The Morgan fingerprint density at radius 3 is 1.42 bits per heavy atom. The zero-order chi connectivity index (χ0) is 14.0. The van der Waals surface area contributed by atoms with E-state index in [0.29, 0.717) is 13.2 Å². The lowest BCUT2D eigenvalue weighted by Gasteiger charge is -2.06. The molecule has 0 radical (unpaired) electrons. The summed E-state index contributed by atoms with van der Waals surface area (Å²) in [6.45, 7) is 8.61. The Labute approximate surface area is 117 Å². The molecule has 0 N–H and O–H groups in total. The van der Waals surface area contributed by atoms with Crippen molar-refractivity contribution in [3.8, 4) is 0 Å². The van der Waals surface area contributed by atoms with Crippen LogP contribution in [-0.2, 0) is 23.7 Å². The highest BCUT2D eigenvalue weighted by molar-refractivity contribution is 4.39. The SMILES string of the molecule is CCOCCOCCCOCCCOCCCOC. The van der Waals surface area contributed by atoms with E-state index in [9.17, 15) is 0 Å². The smallest absolute Gasteiger partial charge is 0.0700 e. The van der Waals surface area contributed by atoms with Gasteiger partial charge < -0.3 is 23.7 Å². The molecule has 0 aromatic heterocycles. The highest BCUT2D eigenvalue weighted by atomic mass is 16.5. The number of methoxy groups -OCH3 is 1. The first-order valence-corrected chi connectivity index (χ1v) is 7.21. The maximum Gasteiger partial charge on any atom is 0.0700 e. The van der Waals surface area contributed by atoms with E-state index in [1.54, 1.807) is 7.11 Å². The molecule has 0 fully saturated rings. The molecule has 0 aliphatic heterocycles. The third kappa shape index (κ3) is 17.8. The lowest BCUT2D eigenvalue weighted by atomic mass is 10.4. The summed E-state index contributed by atoms with van der Waals surface area (Å²) in [4.78, 5) is 0. The van der Waals surface area contributed by atoms with Gasteiger partial charge in [0.1, 0.15) is 0 Å². The quantitative estimate of drug-likeness (QED) is 0.403. The molecule has 0 aromatic carbocycles. The van der Waals surface area contributed by atoms with Crippen LogP contribution in [0.25, 0.3) is 0 Å². The first kappa shape index (κ1) is 18.8. The second kappa shape index (κ2) is 17.8. The molecule has 5 heteroatoms. The third-order valence-corrected chi connectivity index (χ3v) is 2.37. The molecule has 0 spiro atoms. The van der Waals surface area contributed by atoms with Crippen molar-refractivity contribution >= 4 is 0 Å². The van der Waals surface area contributed by atoms with Crippen molar-refractivity contribution in [3.05, 3.63) is 0 Å². The van der Waals surface area contributed by atoms with Gasteiger partial charge in [0.15, 0.2) is 0 Å². The van der Waals surface area contributed by atoms with Gasteiger partial charge in [0.25, 0.3) is 0 Å². The summed E-state index contributed by atoms with van der Waals surface area (Å²) in [6.07, 6.45) is 2.83. The lowest BCUT2D eigenvalue weighted by Crippen LogP contribution is -2.08. The standard InChI is InChI=1S/C14H30O5/c1-3-16-13-14-19-12-6-11-18-10-5-9-17-8-4-7-15-2/h3-14H2,1-2H3. The van der Waals surface area contributed by atoms with Crippen molar-refractivity contribution in [2.24, 2.45) is 0 Å². The van der Waals surface area contributed by atoms with Gasteiger partial charge in [-0.15, -0.1) is 0 Å². The normalized spacial score (nSPS) is 11.1. The molecule has 0 unspecified atom stereocenters. The Morgan fingerprint density at radius 1 is 0.526 bits per heavy atom. The zero-order valence-corrected chi connectivity index (χ0v) is 12.5. The molecule has 0 saturated carbocycles. The van der Waals surface area contributed by atoms with Crippen LogP contribution < -0.4 is 0 Å². The summed E-state index contributed by atoms with van der Waals surface area (Å²) in [7, 11) is 1.70. The van der Waals surface area contributed by atoms with Gasteiger partial charge in [-0.1, -0.05) is 0 Å². The van der Waals surface area contributed by atoms with Crippen LogP contribution in [0.3, 0.4) is 0 Å². The molecule has 0 saturated heterocycles. The number of ether oxygens (including phenoxy) is 5. The van der Waals surface area contributed by atoms with E-state index in [1.165, 1.54) is 0 Å². The van der Waals surface area contributed by atoms with Crippen molar-refractivity contribution in [1.82, 2.24) is 0 Å². The summed E-state index contributed by atoms with van der Waals surface area (Å²) in [5.74, 6) is 0. The summed E-state index contributed by atoms with van der Waals surface area (Å²) in [6, 6.07) is 0. The monoisotopic (exact) mass is 278 g/mol. The molecule has 0 amide bonds. The highest BCUT2D eigenvalue weighted by Gasteiger charge is 1.93. The van der Waals surface area contributed by atoms with Gasteiger partial charge in [-0.25, -0.2) is 0 Å². The van der Waals surface area contributed by atoms with E-state index in [2.05, 4.69) is 0 Å². The number of hydrogen-bond acceptors (Lipinski definition) is 5. The molecule has 5 nitrogen and oxygen atoms in total. The van der Waals surface area contributed by atoms with Gasteiger partial charge in [-0.05, 0) is 26.2 Å². The molecule has 0 heterocycles. The molecular weight excluding hydrogens is 248 g/mol. The maximum atomic E-state index is 5.47. The topological polar surface area (TPSA) is 46.2 Å². The third-order valence-electron chi connectivity index (χ3n) is 2.37. The lowest BCUT2D eigenvalue weighted by molar-refractivity contribution is 0.0347. The Morgan fingerprint density at radius 2 is 0.947 bits per heavy atom. The van der Waals surface area contributed by atoms with E-state index in [0.717, 1.165) is 65.5 Å². The highest BCUT2D eigenvalue weighted by Crippen LogP contribution is 1.91. The molecule has 0 aliphatic carbocycles. The number of hydrogen-bond donors (Lipinski definition) is 0.